The number of carbonyl (C=O) groups is 1. The Morgan fingerprint density at radius 2 is 1.96 bits per heavy atom. The highest BCUT2D eigenvalue weighted by molar-refractivity contribution is 5.85. The Kier molecular flexibility index (Phi) is 5.28. The molecule has 1 N–H and O–H groups in total. The predicted molar refractivity (Wildman–Crippen MR) is 90.5 cm³/mol. The zero-order valence-electron chi connectivity index (χ0n) is 13.2. The highest BCUT2D eigenvalue weighted by atomic mass is 35.5. The summed E-state index contributed by atoms with van der Waals surface area (Å²) in [6.45, 7) is 3.86. The maximum absolute atomic E-state index is 11.6. The zero-order chi connectivity index (χ0) is 15.7. The number of nitrogens with zero attached hydrogens (tertiary/aromatic N) is 4. The van der Waals surface area contributed by atoms with Crippen molar-refractivity contribution < 1.29 is 9.90 Å². The van der Waals surface area contributed by atoms with Crippen molar-refractivity contribution in [1.29, 1.82) is 0 Å². The fourth-order valence-electron chi connectivity index (χ4n) is 2.93. The lowest BCUT2D eigenvalue weighted by Crippen LogP contribution is -2.49. The summed E-state index contributed by atoms with van der Waals surface area (Å²) >= 11 is 0. The van der Waals surface area contributed by atoms with E-state index in [0.29, 0.717) is 13.1 Å². The van der Waals surface area contributed by atoms with Crippen LogP contribution in [-0.2, 0) is 0 Å². The summed E-state index contributed by atoms with van der Waals surface area (Å²) in [7, 11) is 2.02. The first-order valence-electron chi connectivity index (χ1n) is 7.36. The van der Waals surface area contributed by atoms with Gasteiger partial charge >= 0.3 is 6.09 Å². The minimum Gasteiger partial charge on any atom is -0.465 e. The summed E-state index contributed by atoms with van der Waals surface area (Å²) < 4.78 is 1.86. The Balaban J connectivity index is 0.00000192. The van der Waals surface area contributed by atoms with Crippen molar-refractivity contribution in [3.63, 3.8) is 0 Å². The van der Waals surface area contributed by atoms with E-state index in [4.69, 9.17) is 0 Å². The van der Waals surface area contributed by atoms with E-state index in [1.807, 2.05) is 55.1 Å². The summed E-state index contributed by atoms with van der Waals surface area (Å²) in [6, 6.07) is 11.6. The van der Waals surface area contributed by atoms with Gasteiger partial charge in [0.2, 0.25) is 0 Å². The molecular weight excluding hydrogens is 316 g/mol. The average molecular weight is 337 g/mol. The molecule has 1 amide bonds. The first-order valence-corrected chi connectivity index (χ1v) is 7.36. The lowest BCUT2D eigenvalue weighted by atomic mass is 10.1. The van der Waals surface area contributed by atoms with Crippen LogP contribution in [0, 0.1) is 6.92 Å². The van der Waals surface area contributed by atoms with Gasteiger partial charge in [0.05, 0.1) is 23.1 Å². The molecule has 3 rings (SSSR count). The lowest BCUT2D eigenvalue weighted by Gasteiger charge is -2.38. The van der Waals surface area contributed by atoms with Crippen LogP contribution in [0.25, 0.3) is 5.69 Å². The zero-order valence-corrected chi connectivity index (χ0v) is 14.0. The van der Waals surface area contributed by atoms with Gasteiger partial charge in [-0.3, -0.25) is 4.90 Å². The summed E-state index contributed by atoms with van der Waals surface area (Å²) in [5.74, 6) is 0. The summed E-state index contributed by atoms with van der Waals surface area (Å²) in [5, 5.41) is 14.1. The third-order valence-corrected chi connectivity index (χ3v) is 4.03. The van der Waals surface area contributed by atoms with E-state index in [1.165, 1.54) is 4.90 Å². The van der Waals surface area contributed by atoms with E-state index in [0.717, 1.165) is 23.6 Å². The number of carboxylic acid groups (broad SMARTS) is 1. The van der Waals surface area contributed by atoms with Crippen molar-refractivity contribution in [3.05, 3.63) is 47.8 Å². The van der Waals surface area contributed by atoms with E-state index in [2.05, 4.69) is 10.00 Å². The smallest absolute Gasteiger partial charge is 0.407 e. The van der Waals surface area contributed by atoms with Crippen LogP contribution in [0.4, 0.5) is 4.79 Å². The van der Waals surface area contributed by atoms with Crippen molar-refractivity contribution in [1.82, 2.24) is 19.6 Å². The third-order valence-electron chi connectivity index (χ3n) is 4.03. The molecule has 1 saturated heterocycles. The fraction of sp³-hybridized carbons (Fsp3) is 0.375. The highest BCUT2D eigenvalue weighted by Crippen LogP contribution is 2.27. The third kappa shape index (κ3) is 3.48. The van der Waals surface area contributed by atoms with Gasteiger partial charge in [0.15, 0.2) is 0 Å². The minimum atomic E-state index is -0.878. The quantitative estimate of drug-likeness (QED) is 0.915. The summed E-state index contributed by atoms with van der Waals surface area (Å²) in [6.07, 6.45) is -0.878. The topological polar surface area (TPSA) is 61.6 Å². The van der Waals surface area contributed by atoms with Crippen molar-refractivity contribution in [2.75, 3.05) is 26.7 Å². The normalized spacial score (nSPS) is 18.5. The van der Waals surface area contributed by atoms with Gasteiger partial charge in [0.25, 0.3) is 0 Å². The Labute approximate surface area is 141 Å². The van der Waals surface area contributed by atoms with Crippen LogP contribution in [0.2, 0.25) is 0 Å². The Hall–Kier alpha value is -2.05. The van der Waals surface area contributed by atoms with Crippen molar-refractivity contribution in [2.24, 2.45) is 0 Å². The van der Waals surface area contributed by atoms with Crippen LogP contribution in [0.1, 0.15) is 17.4 Å². The minimum absolute atomic E-state index is 0. The molecular formula is C16H21ClN4O2. The molecule has 0 saturated carbocycles. The van der Waals surface area contributed by atoms with E-state index in [-0.39, 0.29) is 18.4 Å². The maximum atomic E-state index is 11.6. The molecule has 7 heteroatoms. The molecule has 0 radical (unpaired) electrons. The number of piperazine rings is 1. The van der Waals surface area contributed by atoms with Crippen LogP contribution < -0.4 is 0 Å². The Morgan fingerprint density at radius 1 is 1.26 bits per heavy atom. The molecule has 23 heavy (non-hydrogen) atoms. The van der Waals surface area contributed by atoms with Gasteiger partial charge in [-0.1, -0.05) is 18.2 Å². The largest absolute Gasteiger partial charge is 0.465 e. The second-order valence-electron chi connectivity index (χ2n) is 5.71. The van der Waals surface area contributed by atoms with Gasteiger partial charge in [-0.05, 0) is 32.2 Å². The van der Waals surface area contributed by atoms with Crippen LogP contribution in [-0.4, -0.2) is 57.5 Å². The van der Waals surface area contributed by atoms with Crippen LogP contribution >= 0.6 is 12.4 Å². The molecule has 0 aliphatic carbocycles. The number of amides is 1. The number of para-hydroxylation sites is 1. The molecule has 0 spiro atoms. The maximum Gasteiger partial charge on any atom is 0.407 e. The van der Waals surface area contributed by atoms with E-state index < -0.39 is 6.09 Å². The SMILES string of the molecule is Cc1cc(C2CN(C)CCN2C(=O)O)n(-c2ccccc2)n1.Cl. The number of halogens is 1. The summed E-state index contributed by atoms with van der Waals surface area (Å²) in [4.78, 5) is 15.2. The first kappa shape index (κ1) is 17.3. The molecule has 1 atom stereocenters. The number of benzene rings is 1. The van der Waals surface area contributed by atoms with E-state index in [1.54, 1.807) is 0 Å². The molecule has 124 valence electrons. The fourth-order valence-corrected chi connectivity index (χ4v) is 2.93. The van der Waals surface area contributed by atoms with Crippen molar-refractivity contribution in [3.8, 4) is 5.69 Å². The van der Waals surface area contributed by atoms with Gasteiger partial charge in [-0.15, -0.1) is 12.4 Å². The summed E-state index contributed by atoms with van der Waals surface area (Å²) in [5.41, 5.74) is 2.75. The van der Waals surface area contributed by atoms with Crippen molar-refractivity contribution in [2.45, 2.75) is 13.0 Å². The van der Waals surface area contributed by atoms with Crippen molar-refractivity contribution >= 4 is 18.5 Å². The second-order valence-corrected chi connectivity index (χ2v) is 5.71. The first-order chi connectivity index (χ1) is 10.6. The number of hydrogen-bond donors (Lipinski definition) is 1. The highest BCUT2D eigenvalue weighted by Gasteiger charge is 2.32. The molecule has 1 aromatic heterocycles. The molecule has 1 fully saturated rings. The number of aryl methyl sites for hydroxylation is 1. The van der Waals surface area contributed by atoms with Crippen LogP contribution in [0.15, 0.2) is 36.4 Å². The number of aromatic nitrogens is 2. The van der Waals surface area contributed by atoms with Crippen LogP contribution in [0.5, 0.6) is 0 Å². The van der Waals surface area contributed by atoms with Gasteiger partial charge in [0, 0.05) is 19.6 Å². The van der Waals surface area contributed by atoms with E-state index in [9.17, 15) is 9.90 Å². The molecule has 6 nitrogen and oxygen atoms in total. The Bertz CT molecular complexity index is 674. The number of likely N-dealkylation sites (N-methyl/N-ethyl adjacent to an activating group) is 1. The Morgan fingerprint density at radius 3 is 2.61 bits per heavy atom. The van der Waals surface area contributed by atoms with E-state index >= 15 is 0 Å². The molecule has 1 aromatic carbocycles. The lowest BCUT2D eigenvalue weighted by molar-refractivity contribution is 0.0750. The van der Waals surface area contributed by atoms with Crippen LogP contribution in [0.3, 0.4) is 0 Å². The predicted octanol–water partition coefficient (Wildman–Crippen LogP) is 2.57. The molecule has 1 unspecified atom stereocenters. The molecule has 1 aliphatic rings. The molecule has 2 aromatic rings. The second kappa shape index (κ2) is 7.02. The van der Waals surface area contributed by atoms with Gasteiger partial charge in [-0.2, -0.15) is 5.10 Å². The number of hydrogen-bond acceptors (Lipinski definition) is 3. The standard InChI is InChI=1S/C16H20N4O2.ClH/c1-12-10-14(20(17-12)13-6-4-3-5-7-13)15-11-18(2)8-9-19(15)16(21)22;/h3-7,10,15H,8-9,11H2,1-2H3,(H,21,22);1H. The monoisotopic (exact) mass is 336 g/mol. The molecule has 1 aliphatic heterocycles. The van der Waals surface area contributed by atoms with Gasteiger partial charge < -0.3 is 10.0 Å². The average Bonchev–Trinajstić information content (AvgIpc) is 2.89. The van der Waals surface area contributed by atoms with Gasteiger partial charge in [-0.25, -0.2) is 9.48 Å². The number of rotatable bonds is 2. The van der Waals surface area contributed by atoms with Gasteiger partial charge in [0.1, 0.15) is 0 Å². The molecule has 0 bridgehead atoms. The molecule has 2 heterocycles.